The molecule has 1 aromatic rings. The van der Waals surface area contributed by atoms with Crippen LogP contribution in [0.4, 0.5) is 0 Å². The number of nitrogens with zero attached hydrogens (tertiary/aromatic N) is 1. The third-order valence-corrected chi connectivity index (χ3v) is 4.55. The van der Waals surface area contributed by atoms with Gasteiger partial charge in [0.15, 0.2) is 0 Å². The van der Waals surface area contributed by atoms with E-state index in [4.69, 9.17) is 4.74 Å². The molecule has 1 aliphatic rings. The topological polar surface area (TPSA) is 126 Å². The van der Waals surface area contributed by atoms with Gasteiger partial charge in [0.05, 0.1) is 18.7 Å². The molecule has 0 fully saturated rings. The summed E-state index contributed by atoms with van der Waals surface area (Å²) in [7, 11) is 0. The van der Waals surface area contributed by atoms with Gasteiger partial charge in [0.25, 0.3) is 11.8 Å². The van der Waals surface area contributed by atoms with Crippen molar-refractivity contribution in [2.75, 3.05) is 5.75 Å². The van der Waals surface area contributed by atoms with Crippen molar-refractivity contribution in [3.05, 3.63) is 53.5 Å². The average molecular weight is 447 g/mol. The first-order valence-electron chi connectivity index (χ1n) is 9.83. The number of esters is 1. The molecule has 0 saturated carbocycles. The summed E-state index contributed by atoms with van der Waals surface area (Å²) in [5.41, 5.74) is 0.529. The van der Waals surface area contributed by atoms with Crippen LogP contribution >= 0.6 is 12.6 Å². The van der Waals surface area contributed by atoms with Gasteiger partial charge in [-0.1, -0.05) is 18.2 Å². The first kappa shape index (κ1) is 24.1. The van der Waals surface area contributed by atoms with E-state index in [2.05, 4.69) is 33.6 Å². The first-order valence-corrected chi connectivity index (χ1v) is 10.5. The number of cyclic esters (lactones) is 1. The van der Waals surface area contributed by atoms with Gasteiger partial charge in [0.2, 0.25) is 5.91 Å². The molecule has 1 aliphatic heterocycles. The second-order valence-corrected chi connectivity index (χ2v) is 7.21. The molecule has 2 rings (SSSR count). The quantitative estimate of drug-likeness (QED) is 0.238. The summed E-state index contributed by atoms with van der Waals surface area (Å²) in [5, 5.41) is 7.68. The van der Waals surface area contributed by atoms with Crippen molar-refractivity contribution in [2.24, 2.45) is 0 Å². The molecule has 0 spiro atoms. The maximum absolute atomic E-state index is 12.5. The predicted molar refractivity (Wildman–Crippen MR) is 117 cm³/mol. The second kappa shape index (κ2) is 11.9. The highest BCUT2D eigenvalue weighted by Crippen LogP contribution is 2.07. The van der Waals surface area contributed by atoms with Crippen LogP contribution in [0.2, 0.25) is 0 Å². The van der Waals surface area contributed by atoms with Gasteiger partial charge >= 0.3 is 5.97 Å². The Bertz CT molecular complexity index is 900. The average Bonchev–Trinajstić information content (AvgIpc) is 2.75. The Kier molecular flexibility index (Phi) is 9.26. The van der Waals surface area contributed by atoms with Gasteiger partial charge in [-0.3, -0.25) is 14.4 Å². The Morgan fingerprint density at radius 3 is 2.71 bits per heavy atom. The number of rotatable bonds is 3. The lowest BCUT2D eigenvalue weighted by molar-refractivity contribution is -0.151. The molecule has 0 aliphatic carbocycles. The minimum Gasteiger partial charge on any atom is -0.456 e. The molecule has 31 heavy (non-hydrogen) atoms. The molecule has 166 valence electrons. The van der Waals surface area contributed by atoms with E-state index in [-0.39, 0.29) is 30.3 Å². The summed E-state index contributed by atoms with van der Waals surface area (Å²) in [5.74, 6) is -1.70. The number of aromatic nitrogens is 1. The highest BCUT2D eigenvalue weighted by molar-refractivity contribution is 7.80. The minimum atomic E-state index is -1.00. The van der Waals surface area contributed by atoms with Crippen molar-refractivity contribution < 1.29 is 23.9 Å². The molecule has 0 unspecified atom stereocenters. The van der Waals surface area contributed by atoms with E-state index in [0.717, 1.165) is 0 Å². The first-order chi connectivity index (χ1) is 14.8. The molecule has 10 heteroatoms. The van der Waals surface area contributed by atoms with Crippen molar-refractivity contribution in [1.82, 2.24) is 20.9 Å². The number of nitrogens with one attached hydrogen (secondary N) is 3. The van der Waals surface area contributed by atoms with E-state index in [1.54, 1.807) is 31.2 Å². The standard InChI is InChI=1S/C21H26N4O5S/c1-3-16-19(27)23-13(2)21(29)30-15(8-4-5-10-31)11-18(26)22-12-14-7-6-9-17(24-14)20(28)25-16/h3-4,6-9,13,15,31H,5,10-12H2,1-2H3,(H,22,26)(H,23,27)(H,25,28)/b8-4+,16-3-/t13-,15-/m1/s1. The van der Waals surface area contributed by atoms with Crippen LogP contribution in [0.1, 0.15) is 42.9 Å². The van der Waals surface area contributed by atoms with E-state index in [0.29, 0.717) is 17.9 Å². The maximum atomic E-state index is 12.5. The number of fused-ring (bicyclic) bond motifs is 2. The number of carbonyl (C=O) groups is 4. The number of hydrogen-bond acceptors (Lipinski definition) is 7. The number of thiol groups is 1. The second-order valence-electron chi connectivity index (χ2n) is 6.76. The fourth-order valence-electron chi connectivity index (χ4n) is 2.65. The van der Waals surface area contributed by atoms with Crippen LogP contribution in [0, 0.1) is 0 Å². The Labute approximate surface area is 186 Å². The Hall–Kier alpha value is -3.14. The smallest absolute Gasteiger partial charge is 0.328 e. The predicted octanol–water partition coefficient (Wildman–Crippen LogP) is 1.03. The lowest BCUT2D eigenvalue weighted by Crippen LogP contribution is -2.44. The molecule has 3 amide bonds. The molecule has 2 bridgehead atoms. The van der Waals surface area contributed by atoms with Crippen molar-refractivity contribution in [3.8, 4) is 0 Å². The lowest BCUT2D eigenvalue weighted by Gasteiger charge is -2.19. The van der Waals surface area contributed by atoms with Gasteiger partial charge in [-0.15, -0.1) is 0 Å². The number of allylic oxidation sites excluding steroid dienone is 2. The SMILES string of the molecule is C/C=C1\NC(=O)c2cccc(n2)CNC(=O)C[C@@H](/C=C/CCS)OC(=O)[C@@H](C)NC1=O. The van der Waals surface area contributed by atoms with E-state index in [1.165, 1.54) is 19.1 Å². The van der Waals surface area contributed by atoms with Gasteiger partial charge in [0.1, 0.15) is 23.5 Å². The molecular formula is C21H26N4O5S. The monoisotopic (exact) mass is 446 g/mol. The lowest BCUT2D eigenvalue weighted by atomic mass is 10.2. The van der Waals surface area contributed by atoms with Gasteiger partial charge in [-0.25, -0.2) is 9.78 Å². The molecule has 0 radical (unpaired) electrons. The Balaban J connectivity index is 2.31. The Morgan fingerprint density at radius 1 is 1.23 bits per heavy atom. The summed E-state index contributed by atoms with van der Waals surface area (Å²) in [6, 6.07) is 3.79. The third-order valence-electron chi connectivity index (χ3n) is 4.29. The zero-order valence-corrected chi connectivity index (χ0v) is 18.3. The summed E-state index contributed by atoms with van der Waals surface area (Å²) >= 11 is 4.13. The number of amides is 3. The van der Waals surface area contributed by atoms with Crippen LogP contribution in [-0.4, -0.2) is 46.6 Å². The molecule has 2 heterocycles. The van der Waals surface area contributed by atoms with Crippen LogP contribution in [0.15, 0.2) is 42.1 Å². The van der Waals surface area contributed by atoms with Crippen LogP contribution in [0.3, 0.4) is 0 Å². The molecule has 3 N–H and O–H groups in total. The molecule has 0 aromatic carbocycles. The number of hydrogen-bond donors (Lipinski definition) is 4. The van der Waals surface area contributed by atoms with Gasteiger partial charge in [0, 0.05) is 0 Å². The summed E-state index contributed by atoms with van der Waals surface area (Å²) < 4.78 is 5.41. The van der Waals surface area contributed by atoms with E-state index < -0.39 is 29.9 Å². The van der Waals surface area contributed by atoms with Crippen LogP contribution < -0.4 is 16.0 Å². The highest BCUT2D eigenvalue weighted by atomic mass is 32.1. The molecule has 9 nitrogen and oxygen atoms in total. The van der Waals surface area contributed by atoms with E-state index >= 15 is 0 Å². The summed E-state index contributed by atoms with van der Waals surface area (Å²) in [4.78, 5) is 54.0. The zero-order valence-electron chi connectivity index (χ0n) is 17.4. The minimum absolute atomic E-state index is 0.0255. The van der Waals surface area contributed by atoms with Gasteiger partial charge < -0.3 is 20.7 Å². The molecule has 2 atom stereocenters. The van der Waals surface area contributed by atoms with Crippen molar-refractivity contribution in [2.45, 2.75) is 45.4 Å². The van der Waals surface area contributed by atoms with E-state index in [1.807, 2.05) is 0 Å². The van der Waals surface area contributed by atoms with Gasteiger partial charge in [-0.2, -0.15) is 12.6 Å². The Morgan fingerprint density at radius 2 is 2.00 bits per heavy atom. The number of carbonyl (C=O) groups excluding carboxylic acids is 4. The van der Waals surface area contributed by atoms with Crippen molar-refractivity contribution in [3.63, 3.8) is 0 Å². The summed E-state index contributed by atoms with van der Waals surface area (Å²) in [6.45, 7) is 3.13. The number of ether oxygens (including phenoxy) is 1. The zero-order chi connectivity index (χ0) is 22.8. The van der Waals surface area contributed by atoms with Crippen molar-refractivity contribution in [1.29, 1.82) is 0 Å². The highest BCUT2D eigenvalue weighted by Gasteiger charge is 2.24. The fourth-order valence-corrected chi connectivity index (χ4v) is 2.80. The van der Waals surface area contributed by atoms with E-state index in [9.17, 15) is 19.2 Å². The summed E-state index contributed by atoms with van der Waals surface area (Å²) in [6.07, 6.45) is 4.56. The fraction of sp³-hybridized carbons (Fsp3) is 0.381. The van der Waals surface area contributed by atoms with Crippen LogP contribution in [0.5, 0.6) is 0 Å². The molecule has 1 aromatic heterocycles. The van der Waals surface area contributed by atoms with Crippen LogP contribution in [0.25, 0.3) is 0 Å². The van der Waals surface area contributed by atoms with Gasteiger partial charge in [-0.05, 0) is 44.2 Å². The normalized spacial score (nSPS) is 22.6. The van der Waals surface area contributed by atoms with Crippen molar-refractivity contribution >= 4 is 36.3 Å². The van der Waals surface area contributed by atoms with Crippen LogP contribution in [-0.2, 0) is 25.7 Å². The molecule has 0 saturated heterocycles. The third kappa shape index (κ3) is 7.56. The molecular weight excluding hydrogens is 420 g/mol. The number of pyridine rings is 1. The largest absolute Gasteiger partial charge is 0.456 e. The maximum Gasteiger partial charge on any atom is 0.328 e.